The van der Waals surface area contributed by atoms with Gasteiger partial charge in [-0.1, -0.05) is 18.2 Å². The summed E-state index contributed by atoms with van der Waals surface area (Å²) in [6, 6.07) is 13.3. The van der Waals surface area contributed by atoms with Gasteiger partial charge in [0.1, 0.15) is 11.6 Å². The first-order valence-electron chi connectivity index (χ1n) is 9.75. The Bertz CT molecular complexity index is 1370. The number of nitro groups is 2. The topological polar surface area (TPSA) is 144 Å². The fourth-order valence-corrected chi connectivity index (χ4v) is 3.72. The van der Waals surface area contributed by atoms with E-state index in [1.54, 1.807) is 0 Å². The van der Waals surface area contributed by atoms with Crippen LogP contribution in [-0.4, -0.2) is 26.6 Å². The van der Waals surface area contributed by atoms with E-state index in [0.717, 1.165) is 35.2 Å². The lowest BCUT2D eigenvalue weighted by atomic mass is 9.94. The van der Waals surface area contributed by atoms with Gasteiger partial charge in [-0.2, -0.15) is 0 Å². The van der Waals surface area contributed by atoms with Crippen molar-refractivity contribution in [2.45, 2.75) is 6.04 Å². The Morgan fingerprint density at radius 3 is 1.91 bits per heavy atom. The minimum absolute atomic E-state index is 0.00800. The highest BCUT2D eigenvalue weighted by molar-refractivity contribution is 6.51. The van der Waals surface area contributed by atoms with E-state index in [2.05, 4.69) is 0 Å². The molecule has 1 aliphatic rings. The minimum atomic E-state index is -1.39. The quantitative estimate of drug-likeness (QED) is 0.196. The van der Waals surface area contributed by atoms with E-state index >= 15 is 0 Å². The molecule has 1 aliphatic heterocycles. The number of rotatable bonds is 5. The van der Waals surface area contributed by atoms with Crippen molar-refractivity contribution < 1.29 is 28.9 Å². The molecule has 0 aromatic heterocycles. The number of aliphatic hydroxyl groups is 1. The van der Waals surface area contributed by atoms with Crippen LogP contribution >= 0.6 is 0 Å². The predicted octanol–water partition coefficient (Wildman–Crippen LogP) is 4.27. The first-order valence-corrected chi connectivity index (χ1v) is 9.75. The van der Waals surface area contributed by atoms with Gasteiger partial charge < -0.3 is 5.11 Å². The van der Waals surface area contributed by atoms with Crippen LogP contribution in [-0.2, 0) is 9.59 Å². The molecule has 0 saturated carbocycles. The number of carbonyl (C=O) groups excluding carboxylic acids is 2. The third kappa shape index (κ3) is 3.75. The lowest BCUT2D eigenvalue weighted by Crippen LogP contribution is -2.29. The number of non-ortho nitro benzene ring substituents is 2. The highest BCUT2D eigenvalue weighted by atomic mass is 19.1. The van der Waals surface area contributed by atoms with E-state index in [9.17, 15) is 39.3 Å². The molecule has 3 aromatic carbocycles. The van der Waals surface area contributed by atoms with Gasteiger partial charge in [-0.3, -0.25) is 34.7 Å². The van der Waals surface area contributed by atoms with Crippen LogP contribution in [0.5, 0.6) is 0 Å². The van der Waals surface area contributed by atoms with E-state index in [0.29, 0.717) is 0 Å². The second kappa shape index (κ2) is 8.54. The first-order chi connectivity index (χ1) is 16.2. The molecule has 0 radical (unpaired) electrons. The predicted molar refractivity (Wildman–Crippen MR) is 117 cm³/mol. The summed E-state index contributed by atoms with van der Waals surface area (Å²) < 4.78 is 14.8. The van der Waals surface area contributed by atoms with Crippen LogP contribution in [0.3, 0.4) is 0 Å². The molecule has 11 heteroatoms. The van der Waals surface area contributed by atoms with Crippen molar-refractivity contribution in [3.05, 3.63) is 116 Å². The molecule has 1 saturated heterocycles. The lowest BCUT2D eigenvalue weighted by Gasteiger charge is -2.25. The maximum atomic E-state index is 14.8. The zero-order valence-corrected chi connectivity index (χ0v) is 17.1. The Morgan fingerprint density at radius 2 is 1.38 bits per heavy atom. The van der Waals surface area contributed by atoms with Gasteiger partial charge in [0.15, 0.2) is 0 Å². The molecule has 1 unspecified atom stereocenters. The van der Waals surface area contributed by atoms with E-state index in [1.165, 1.54) is 42.5 Å². The van der Waals surface area contributed by atoms with Crippen molar-refractivity contribution in [1.29, 1.82) is 0 Å². The van der Waals surface area contributed by atoms with Gasteiger partial charge in [-0.25, -0.2) is 4.39 Å². The SMILES string of the molecule is O=C1C(=O)N(c2ccc([N+](=O)[O-])cc2)C(c2ccccc2F)C1=C(O)c1ccc([N+](=O)[O-])cc1. The van der Waals surface area contributed by atoms with Crippen LogP contribution < -0.4 is 4.90 Å². The first kappa shape index (κ1) is 22.3. The van der Waals surface area contributed by atoms with Crippen LogP contribution in [0.15, 0.2) is 78.4 Å². The van der Waals surface area contributed by atoms with Gasteiger partial charge in [0, 0.05) is 41.1 Å². The van der Waals surface area contributed by atoms with Gasteiger partial charge >= 0.3 is 0 Å². The lowest BCUT2D eigenvalue weighted by molar-refractivity contribution is -0.385. The normalized spacial score (nSPS) is 17.1. The Balaban J connectivity index is 1.91. The number of Topliss-reactive ketones (excluding diaryl/α,β-unsaturated/α-hetero) is 1. The summed E-state index contributed by atoms with van der Waals surface area (Å²) in [5, 5.41) is 32.8. The van der Waals surface area contributed by atoms with Crippen molar-refractivity contribution in [3.8, 4) is 0 Å². The number of benzene rings is 3. The Morgan fingerprint density at radius 1 is 0.853 bits per heavy atom. The molecular weight excluding hydrogens is 449 g/mol. The number of hydrogen-bond donors (Lipinski definition) is 1. The number of carbonyl (C=O) groups is 2. The Hall–Kier alpha value is -4.93. The molecule has 0 aliphatic carbocycles. The summed E-state index contributed by atoms with van der Waals surface area (Å²) in [5.41, 5.74) is -0.953. The molecule has 170 valence electrons. The summed E-state index contributed by atoms with van der Waals surface area (Å²) in [6.45, 7) is 0. The number of halogens is 1. The third-order valence-electron chi connectivity index (χ3n) is 5.33. The van der Waals surface area contributed by atoms with Crippen LogP contribution in [0.2, 0.25) is 0 Å². The maximum absolute atomic E-state index is 14.8. The number of amides is 1. The van der Waals surface area contributed by atoms with Gasteiger partial charge in [0.2, 0.25) is 0 Å². The van der Waals surface area contributed by atoms with Gasteiger partial charge in [0.25, 0.3) is 23.1 Å². The van der Waals surface area contributed by atoms with Crippen LogP contribution in [0.1, 0.15) is 17.2 Å². The zero-order chi connectivity index (χ0) is 24.6. The largest absolute Gasteiger partial charge is 0.507 e. The zero-order valence-electron chi connectivity index (χ0n) is 17.1. The van der Waals surface area contributed by atoms with Gasteiger partial charge in [-0.15, -0.1) is 0 Å². The van der Waals surface area contributed by atoms with Crippen molar-refractivity contribution in [1.82, 2.24) is 0 Å². The van der Waals surface area contributed by atoms with E-state index in [1.807, 2.05) is 0 Å². The summed E-state index contributed by atoms with van der Waals surface area (Å²) in [5.74, 6) is -3.59. The smallest absolute Gasteiger partial charge is 0.300 e. The second-order valence-corrected chi connectivity index (χ2v) is 7.27. The molecule has 1 N–H and O–H groups in total. The molecule has 3 aromatic rings. The minimum Gasteiger partial charge on any atom is -0.507 e. The van der Waals surface area contributed by atoms with E-state index < -0.39 is 44.7 Å². The second-order valence-electron chi connectivity index (χ2n) is 7.27. The molecule has 1 heterocycles. The third-order valence-corrected chi connectivity index (χ3v) is 5.33. The number of hydrogen-bond acceptors (Lipinski definition) is 7. The monoisotopic (exact) mass is 463 g/mol. The van der Waals surface area contributed by atoms with Crippen molar-refractivity contribution in [2.24, 2.45) is 0 Å². The van der Waals surface area contributed by atoms with E-state index in [4.69, 9.17) is 0 Å². The van der Waals surface area contributed by atoms with Crippen LogP contribution in [0.4, 0.5) is 21.5 Å². The average molecular weight is 463 g/mol. The van der Waals surface area contributed by atoms with Crippen molar-refractivity contribution in [3.63, 3.8) is 0 Å². The number of ketones is 1. The van der Waals surface area contributed by atoms with E-state index in [-0.39, 0.29) is 28.2 Å². The Kier molecular flexibility index (Phi) is 5.60. The molecular formula is C23H14FN3O7. The molecule has 1 amide bonds. The summed E-state index contributed by atoms with van der Waals surface area (Å²) in [7, 11) is 0. The number of nitrogens with zero attached hydrogens (tertiary/aromatic N) is 3. The standard InChI is InChI=1S/C23H14FN3O7/c24-18-4-2-1-3-17(18)20-19(21(28)13-5-7-15(8-6-13)26(31)32)22(29)23(30)25(20)14-9-11-16(12-10-14)27(33)34/h1-12,20,28H. The van der Waals surface area contributed by atoms with Crippen molar-refractivity contribution >= 4 is 34.5 Å². The van der Waals surface area contributed by atoms with Crippen LogP contribution in [0, 0.1) is 26.0 Å². The fraction of sp³-hybridized carbons (Fsp3) is 0.0435. The number of nitro benzene ring substituents is 2. The average Bonchev–Trinajstić information content (AvgIpc) is 3.09. The summed E-state index contributed by atoms with van der Waals surface area (Å²) in [6.07, 6.45) is 0. The highest BCUT2D eigenvalue weighted by Gasteiger charge is 2.47. The van der Waals surface area contributed by atoms with Gasteiger partial charge in [-0.05, 0) is 30.3 Å². The van der Waals surface area contributed by atoms with Crippen molar-refractivity contribution in [2.75, 3.05) is 4.90 Å². The Labute approximate surface area is 190 Å². The molecule has 1 fully saturated rings. The van der Waals surface area contributed by atoms with Gasteiger partial charge in [0.05, 0.1) is 21.5 Å². The highest BCUT2D eigenvalue weighted by Crippen LogP contribution is 2.43. The molecule has 4 rings (SSSR count). The fourth-order valence-electron chi connectivity index (χ4n) is 3.72. The molecule has 0 bridgehead atoms. The molecule has 10 nitrogen and oxygen atoms in total. The maximum Gasteiger partial charge on any atom is 0.300 e. The van der Waals surface area contributed by atoms with Crippen LogP contribution in [0.25, 0.3) is 5.76 Å². The molecule has 1 atom stereocenters. The summed E-state index contributed by atoms with van der Waals surface area (Å²) >= 11 is 0. The number of anilines is 1. The molecule has 34 heavy (non-hydrogen) atoms. The summed E-state index contributed by atoms with van der Waals surface area (Å²) in [4.78, 5) is 47.6. The molecule has 0 spiro atoms. The number of aliphatic hydroxyl groups excluding tert-OH is 1.